The minimum absolute atomic E-state index is 0.0218. The Morgan fingerprint density at radius 2 is 1.77 bits per heavy atom. The van der Waals surface area contributed by atoms with Crippen molar-refractivity contribution in [2.45, 2.75) is 39.7 Å². The number of benzene rings is 2. The zero-order chi connectivity index (χ0) is 15.5. The minimum atomic E-state index is 0.0218. The zero-order valence-corrected chi connectivity index (χ0v) is 13.7. The summed E-state index contributed by atoms with van der Waals surface area (Å²) in [5.41, 5.74) is 6.65. The van der Waals surface area contributed by atoms with Gasteiger partial charge in [0.05, 0.1) is 23.3 Å². The second kappa shape index (κ2) is 4.45. The van der Waals surface area contributed by atoms with Crippen LogP contribution in [-0.2, 0) is 12.0 Å². The zero-order valence-electron chi connectivity index (χ0n) is 13.7. The normalized spacial score (nSPS) is 15.3. The molecule has 0 bridgehead atoms. The first-order valence-electron chi connectivity index (χ1n) is 8.07. The topological polar surface area (TPSA) is 8.81 Å². The fourth-order valence-corrected chi connectivity index (χ4v) is 3.73. The lowest BCUT2D eigenvalue weighted by molar-refractivity contribution is -0.575. The van der Waals surface area contributed by atoms with Gasteiger partial charge < -0.3 is 9.13 Å². The average molecular weight is 290 g/mol. The number of hydrogen-bond acceptors (Lipinski definition) is 0. The van der Waals surface area contributed by atoms with Gasteiger partial charge in [-0.15, -0.1) is 0 Å². The fourth-order valence-electron chi connectivity index (χ4n) is 3.73. The Kier molecular flexibility index (Phi) is 2.75. The van der Waals surface area contributed by atoms with Crippen LogP contribution >= 0.6 is 0 Å². The van der Waals surface area contributed by atoms with Crippen molar-refractivity contribution in [2.75, 3.05) is 0 Å². The van der Waals surface area contributed by atoms with E-state index in [0.29, 0.717) is 5.92 Å². The number of aromatic nitrogens is 2. The summed E-state index contributed by atoms with van der Waals surface area (Å²) in [7, 11) is 0. The van der Waals surface area contributed by atoms with Gasteiger partial charge in [-0.2, -0.15) is 0 Å². The fraction of sp³-hybridized carbons (Fsp3) is 0.350. The van der Waals surface area contributed by atoms with E-state index in [0.717, 1.165) is 6.54 Å². The maximum absolute atomic E-state index is 3.59. The minimum Gasteiger partial charge on any atom is -0.319 e. The van der Waals surface area contributed by atoms with Crippen LogP contribution in [0.1, 0.15) is 38.8 Å². The van der Waals surface area contributed by atoms with E-state index in [1.165, 1.54) is 27.8 Å². The first kappa shape index (κ1) is 13.6. The van der Waals surface area contributed by atoms with Gasteiger partial charge in [-0.25, -0.2) is 0 Å². The molecule has 0 radical (unpaired) electrons. The van der Waals surface area contributed by atoms with Crippen molar-refractivity contribution >= 4 is 11.0 Å². The van der Waals surface area contributed by atoms with Gasteiger partial charge in [0.15, 0.2) is 0 Å². The molecule has 0 saturated heterocycles. The predicted octanol–water partition coefficient (Wildman–Crippen LogP) is 4.01. The highest BCUT2D eigenvalue weighted by Crippen LogP contribution is 2.40. The lowest BCUT2D eigenvalue weighted by atomic mass is 9.75. The van der Waals surface area contributed by atoms with E-state index < -0.39 is 0 Å². The summed E-state index contributed by atoms with van der Waals surface area (Å²) >= 11 is 0. The number of hydrogen-bond donors (Lipinski definition) is 0. The summed E-state index contributed by atoms with van der Waals surface area (Å²) < 4.78 is 4.54. The molecule has 2 nitrogen and oxygen atoms in total. The number of nitrogens with zero attached hydrogens (tertiary/aromatic N) is 2. The molecule has 2 aromatic carbocycles. The van der Waals surface area contributed by atoms with Gasteiger partial charge in [-0.3, -0.25) is 0 Å². The van der Waals surface area contributed by atoms with Gasteiger partial charge in [0.25, 0.3) is 0 Å². The van der Waals surface area contributed by atoms with Crippen LogP contribution in [0.2, 0.25) is 0 Å². The summed E-state index contributed by atoms with van der Waals surface area (Å²) in [6.07, 6.45) is 3.59. The van der Waals surface area contributed by atoms with E-state index in [9.17, 15) is 0 Å². The summed E-state index contributed by atoms with van der Waals surface area (Å²) in [6, 6.07) is 15.4. The van der Waals surface area contributed by atoms with Crippen LogP contribution in [0.4, 0.5) is 0 Å². The third-order valence-electron chi connectivity index (χ3n) is 4.79. The summed E-state index contributed by atoms with van der Waals surface area (Å²) in [5, 5.41) is 0. The molecule has 0 fully saturated rings. The van der Waals surface area contributed by atoms with Crippen molar-refractivity contribution in [3.05, 3.63) is 59.9 Å². The van der Waals surface area contributed by atoms with Gasteiger partial charge in [0, 0.05) is 5.41 Å². The molecule has 0 amide bonds. The molecule has 0 unspecified atom stereocenters. The maximum atomic E-state index is 3.59. The smallest absolute Gasteiger partial charge is 0.244 e. The molecule has 2 heterocycles. The SMILES string of the molecule is CC(C)Cn1[c-][n+]2c3c(cccc31)C(C)(C)c1ccccc1-2. The molecule has 0 N–H and O–H groups in total. The van der Waals surface area contributed by atoms with Gasteiger partial charge in [0.2, 0.25) is 6.33 Å². The summed E-state index contributed by atoms with van der Waals surface area (Å²) in [5.74, 6) is 0.605. The quantitative estimate of drug-likeness (QED) is 0.498. The molecule has 1 aliphatic rings. The first-order valence-corrected chi connectivity index (χ1v) is 8.07. The van der Waals surface area contributed by atoms with E-state index in [4.69, 9.17) is 0 Å². The Labute approximate surface area is 132 Å². The Bertz CT molecular complexity index is 869. The summed E-state index contributed by atoms with van der Waals surface area (Å²) in [4.78, 5) is 0. The lowest BCUT2D eigenvalue weighted by Gasteiger charge is -2.35. The second-order valence-electron chi connectivity index (χ2n) is 7.26. The summed E-state index contributed by atoms with van der Waals surface area (Å²) in [6.45, 7) is 10.2. The molecule has 1 aromatic heterocycles. The maximum Gasteiger partial charge on any atom is 0.244 e. The Balaban J connectivity index is 2.12. The van der Waals surface area contributed by atoms with E-state index in [1.807, 2.05) is 0 Å². The highest BCUT2D eigenvalue weighted by atomic mass is 15.1. The molecule has 0 atom stereocenters. The Morgan fingerprint density at radius 1 is 1.05 bits per heavy atom. The molecule has 2 heteroatoms. The molecule has 0 saturated carbocycles. The highest BCUT2D eigenvalue weighted by Gasteiger charge is 2.33. The van der Waals surface area contributed by atoms with Crippen LogP contribution in [-0.4, -0.2) is 4.57 Å². The number of rotatable bonds is 2. The molecule has 4 rings (SSSR count). The predicted molar refractivity (Wildman–Crippen MR) is 89.3 cm³/mol. The van der Waals surface area contributed by atoms with E-state index in [2.05, 4.69) is 85.6 Å². The monoisotopic (exact) mass is 290 g/mol. The lowest BCUT2D eigenvalue weighted by Crippen LogP contribution is -2.40. The number of para-hydroxylation sites is 2. The van der Waals surface area contributed by atoms with Gasteiger partial charge >= 0.3 is 0 Å². The molecule has 22 heavy (non-hydrogen) atoms. The third-order valence-corrected chi connectivity index (χ3v) is 4.79. The first-order chi connectivity index (χ1) is 10.5. The largest absolute Gasteiger partial charge is 0.319 e. The van der Waals surface area contributed by atoms with Crippen LogP contribution in [0.5, 0.6) is 0 Å². The van der Waals surface area contributed by atoms with Crippen LogP contribution in [0.25, 0.3) is 16.7 Å². The van der Waals surface area contributed by atoms with Gasteiger partial charge in [-0.1, -0.05) is 70.2 Å². The standard InChI is InChI=1S/C20H22N2/c1-14(2)12-21-13-22-17-10-6-5-8-15(17)20(3,4)16-9-7-11-18(21)19(16)22/h5-11,14H,12H2,1-4H3. The van der Waals surface area contributed by atoms with Crippen molar-refractivity contribution in [3.8, 4) is 5.69 Å². The molecule has 3 aromatic rings. The van der Waals surface area contributed by atoms with Crippen molar-refractivity contribution in [2.24, 2.45) is 5.92 Å². The van der Waals surface area contributed by atoms with Gasteiger partial charge in [-0.05, 0) is 17.0 Å². The second-order valence-corrected chi connectivity index (χ2v) is 7.26. The Morgan fingerprint density at radius 3 is 2.55 bits per heavy atom. The number of fused-ring (bicyclic) bond motifs is 2. The molecular weight excluding hydrogens is 268 g/mol. The molecule has 112 valence electrons. The van der Waals surface area contributed by atoms with E-state index in [-0.39, 0.29) is 5.41 Å². The van der Waals surface area contributed by atoms with E-state index >= 15 is 0 Å². The van der Waals surface area contributed by atoms with Crippen molar-refractivity contribution < 1.29 is 4.57 Å². The molecular formula is C20H22N2. The van der Waals surface area contributed by atoms with Gasteiger partial charge in [0.1, 0.15) is 0 Å². The molecule has 0 spiro atoms. The van der Waals surface area contributed by atoms with Crippen LogP contribution < -0.4 is 4.57 Å². The van der Waals surface area contributed by atoms with Crippen molar-refractivity contribution in [3.63, 3.8) is 0 Å². The van der Waals surface area contributed by atoms with E-state index in [1.54, 1.807) is 0 Å². The molecule has 1 aliphatic heterocycles. The third kappa shape index (κ3) is 1.70. The van der Waals surface area contributed by atoms with Crippen LogP contribution in [0.3, 0.4) is 0 Å². The Hall–Kier alpha value is -2.09. The van der Waals surface area contributed by atoms with Crippen molar-refractivity contribution in [1.82, 2.24) is 4.57 Å². The van der Waals surface area contributed by atoms with Crippen LogP contribution in [0.15, 0.2) is 42.5 Å². The van der Waals surface area contributed by atoms with Crippen LogP contribution in [0, 0.1) is 12.2 Å². The highest BCUT2D eigenvalue weighted by molar-refractivity contribution is 5.80. The molecule has 0 aliphatic carbocycles. The average Bonchev–Trinajstić information content (AvgIpc) is 2.84. The van der Waals surface area contributed by atoms with Crippen molar-refractivity contribution in [1.29, 1.82) is 0 Å². The number of imidazole rings is 1.